The van der Waals surface area contributed by atoms with Crippen molar-refractivity contribution in [2.24, 2.45) is 5.92 Å². The third kappa shape index (κ3) is 2.54. The van der Waals surface area contributed by atoms with Gasteiger partial charge in [0.1, 0.15) is 0 Å². The van der Waals surface area contributed by atoms with Crippen molar-refractivity contribution in [3.05, 3.63) is 33.8 Å². The third-order valence-electron chi connectivity index (χ3n) is 4.34. The van der Waals surface area contributed by atoms with E-state index in [9.17, 15) is 9.90 Å². The van der Waals surface area contributed by atoms with Crippen LogP contribution in [0.4, 0.5) is 0 Å². The van der Waals surface area contributed by atoms with E-state index in [1.54, 1.807) is 6.07 Å². The second-order valence-electron chi connectivity index (χ2n) is 5.62. The number of halogens is 2. The van der Waals surface area contributed by atoms with Crippen LogP contribution in [0.3, 0.4) is 0 Å². The summed E-state index contributed by atoms with van der Waals surface area (Å²) in [7, 11) is 0. The summed E-state index contributed by atoms with van der Waals surface area (Å²) in [5, 5.41) is 10.6. The zero-order chi connectivity index (χ0) is 14.3. The molecule has 2 aliphatic rings. The Morgan fingerprint density at radius 3 is 2.90 bits per heavy atom. The molecule has 108 valence electrons. The lowest BCUT2D eigenvalue weighted by atomic mass is 10.1. The number of carbonyl (C=O) groups excluding carboxylic acids is 1. The summed E-state index contributed by atoms with van der Waals surface area (Å²) >= 11 is 12.1. The molecule has 0 aromatic heterocycles. The minimum atomic E-state index is 0.00411. The van der Waals surface area contributed by atoms with Crippen molar-refractivity contribution in [3.8, 4) is 0 Å². The Bertz CT molecular complexity index is 535. The van der Waals surface area contributed by atoms with Crippen molar-refractivity contribution in [1.82, 2.24) is 4.90 Å². The molecule has 1 aliphatic heterocycles. The van der Waals surface area contributed by atoms with Gasteiger partial charge in [-0.15, -0.1) is 0 Å². The molecule has 1 aromatic carbocycles. The van der Waals surface area contributed by atoms with Crippen molar-refractivity contribution in [3.63, 3.8) is 0 Å². The van der Waals surface area contributed by atoms with Crippen LogP contribution in [-0.4, -0.2) is 35.1 Å². The molecule has 2 fully saturated rings. The van der Waals surface area contributed by atoms with Gasteiger partial charge in [-0.25, -0.2) is 0 Å². The molecule has 1 heterocycles. The van der Waals surface area contributed by atoms with Crippen molar-refractivity contribution in [1.29, 1.82) is 0 Å². The smallest absolute Gasteiger partial charge is 0.226 e. The Kier molecular flexibility index (Phi) is 3.93. The molecule has 2 unspecified atom stereocenters. The van der Waals surface area contributed by atoms with E-state index in [0.717, 1.165) is 31.4 Å². The monoisotopic (exact) mass is 313 g/mol. The van der Waals surface area contributed by atoms with Crippen molar-refractivity contribution >= 4 is 29.1 Å². The zero-order valence-corrected chi connectivity index (χ0v) is 12.6. The number of aliphatic hydroxyl groups is 1. The Hall–Kier alpha value is -0.770. The lowest BCUT2D eigenvalue weighted by molar-refractivity contribution is -0.134. The molecular weight excluding hydrogens is 297 g/mol. The summed E-state index contributed by atoms with van der Waals surface area (Å²) in [4.78, 5) is 14.3. The van der Waals surface area contributed by atoms with Crippen molar-refractivity contribution < 1.29 is 9.90 Å². The van der Waals surface area contributed by atoms with E-state index < -0.39 is 0 Å². The number of carbonyl (C=O) groups is 1. The van der Waals surface area contributed by atoms with Crippen LogP contribution in [0.1, 0.15) is 30.7 Å². The summed E-state index contributed by atoms with van der Waals surface area (Å²) < 4.78 is 0. The Morgan fingerprint density at radius 2 is 2.20 bits per heavy atom. The number of likely N-dealkylation sites (tertiary alicyclic amines) is 1. The van der Waals surface area contributed by atoms with Gasteiger partial charge in [-0.2, -0.15) is 0 Å². The van der Waals surface area contributed by atoms with Crippen LogP contribution in [0.2, 0.25) is 10.0 Å². The predicted octanol–water partition coefficient (Wildman–Crippen LogP) is 3.08. The fraction of sp³-hybridized carbons (Fsp3) is 0.533. The van der Waals surface area contributed by atoms with E-state index in [1.807, 2.05) is 17.0 Å². The Labute approximate surface area is 128 Å². The van der Waals surface area contributed by atoms with Crippen LogP contribution < -0.4 is 0 Å². The minimum absolute atomic E-state index is 0.00411. The number of benzene rings is 1. The molecule has 1 N–H and O–H groups in total. The number of nitrogens with zero attached hydrogens (tertiary/aromatic N) is 1. The fourth-order valence-corrected chi connectivity index (χ4v) is 3.69. The maximum absolute atomic E-state index is 12.5. The summed E-state index contributed by atoms with van der Waals surface area (Å²) in [6, 6.07) is 5.46. The highest BCUT2D eigenvalue weighted by Gasteiger charge is 2.48. The fourth-order valence-electron chi connectivity index (χ4n) is 3.14. The first-order valence-corrected chi connectivity index (χ1v) is 7.73. The number of hydrogen-bond acceptors (Lipinski definition) is 2. The van der Waals surface area contributed by atoms with Crippen molar-refractivity contribution in [2.45, 2.75) is 31.2 Å². The Balaban J connectivity index is 1.71. The highest BCUT2D eigenvalue weighted by Crippen LogP contribution is 2.51. The SMILES string of the molecule is O=C(C1CC1c1ccc(Cl)cc1Cl)N1CCC[C@@H]1CO. The largest absolute Gasteiger partial charge is 0.394 e. The van der Waals surface area contributed by atoms with Crippen LogP contribution in [-0.2, 0) is 4.79 Å². The molecule has 3 rings (SSSR count). The maximum Gasteiger partial charge on any atom is 0.226 e. The van der Waals surface area contributed by atoms with E-state index in [4.69, 9.17) is 23.2 Å². The Morgan fingerprint density at radius 1 is 1.40 bits per heavy atom. The summed E-state index contributed by atoms with van der Waals surface area (Å²) in [6.45, 7) is 0.826. The van der Waals surface area contributed by atoms with E-state index in [0.29, 0.717) is 10.0 Å². The first-order chi connectivity index (χ1) is 9.61. The second-order valence-corrected chi connectivity index (χ2v) is 6.47. The zero-order valence-electron chi connectivity index (χ0n) is 11.1. The number of rotatable bonds is 3. The normalized spacial score (nSPS) is 28.8. The van der Waals surface area contributed by atoms with Crippen LogP contribution in [0.25, 0.3) is 0 Å². The molecule has 0 bridgehead atoms. The lowest BCUT2D eigenvalue weighted by Gasteiger charge is -2.23. The van der Waals surface area contributed by atoms with E-state index in [1.165, 1.54) is 0 Å². The molecule has 1 saturated heterocycles. The average molecular weight is 314 g/mol. The highest BCUT2D eigenvalue weighted by atomic mass is 35.5. The van der Waals surface area contributed by atoms with Gasteiger partial charge in [0.2, 0.25) is 5.91 Å². The van der Waals surface area contributed by atoms with Gasteiger partial charge in [-0.05, 0) is 42.9 Å². The number of aliphatic hydroxyl groups excluding tert-OH is 1. The topological polar surface area (TPSA) is 40.5 Å². The minimum Gasteiger partial charge on any atom is -0.394 e. The molecule has 1 saturated carbocycles. The van der Waals surface area contributed by atoms with Crippen LogP contribution in [0.15, 0.2) is 18.2 Å². The van der Waals surface area contributed by atoms with Gasteiger partial charge in [0.25, 0.3) is 0 Å². The van der Waals surface area contributed by atoms with Gasteiger partial charge in [-0.3, -0.25) is 4.79 Å². The summed E-state index contributed by atoms with van der Waals surface area (Å²) in [5.41, 5.74) is 1.01. The third-order valence-corrected chi connectivity index (χ3v) is 4.90. The van der Waals surface area contributed by atoms with Crippen molar-refractivity contribution in [2.75, 3.05) is 13.2 Å². The van der Waals surface area contributed by atoms with Crippen LogP contribution >= 0.6 is 23.2 Å². The molecule has 20 heavy (non-hydrogen) atoms. The van der Waals surface area contributed by atoms with Gasteiger partial charge in [-0.1, -0.05) is 29.3 Å². The molecule has 0 radical (unpaired) electrons. The van der Waals surface area contributed by atoms with Gasteiger partial charge in [0, 0.05) is 22.5 Å². The summed E-state index contributed by atoms with van der Waals surface area (Å²) in [6.07, 6.45) is 2.73. The molecule has 1 aliphatic carbocycles. The van der Waals surface area contributed by atoms with Crippen LogP contribution in [0.5, 0.6) is 0 Å². The van der Waals surface area contributed by atoms with Gasteiger partial charge >= 0.3 is 0 Å². The lowest BCUT2D eigenvalue weighted by Crippen LogP contribution is -2.38. The van der Waals surface area contributed by atoms with Gasteiger partial charge < -0.3 is 10.0 Å². The quantitative estimate of drug-likeness (QED) is 0.931. The van der Waals surface area contributed by atoms with E-state index >= 15 is 0 Å². The van der Waals surface area contributed by atoms with Gasteiger partial charge in [0.15, 0.2) is 0 Å². The highest BCUT2D eigenvalue weighted by molar-refractivity contribution is 6.35. The van der Waals surface area contributed by atoms with Gasteiger partial charge in [0.05, 0.1) is 12.6 Å². The first-order valence-electron chi connectivity index (χ1n) is 6.98. The number of hydrogen-bond donors (Lipinski definition) is 1. The maximum atomic E-state index is 12.5. The first kappa shape index (κ1) is 14.2. The second kappa shape index (κ2) is 5.55. The summed E-state index contributed by atoms with van der Waals surface area (Å²) in [5.74, 6) is 0.380. The molecule has 5 heteroatoms. The van der Waals surface area contributed by atoms with E-state index in [2.05, 4.69) is 0 Å². The molecule has 1 amide bonds. The number of amides is 1. The standard InChI is InChI=1S/C15H17Cl2NO2/c16-9-3-4-11(14(17)6-9)12-7-13(12)15(20)18-5-1-2-10(18)8-19/h3-4,6,10,12-13,19H,1-2,5,7-8H2/t10-,12?,13?/m1/s1. The van der Waals surface area contributed by atoms with E-state index in [-0.39, 0.29) is 30.4 Å². The van der Waals surface area contributed by atoms with Crippen LogP contribution in [0, 0.1) is 5.92 Å². The predicted molar refractivity (Wildman–Crippen MR) is 79.1 cm³/mol. The molecule has 1 aromatic rings. The molecule has 3 nitrogen and oxygen atoms in total. The molecule has 3 atom stereocenters. The average Bonchev–Trinajstić information content (AvgIpc) is 3.06. The molecular formula is C15H17Cl2NO2. The molecule has 0 spiro atoms.